The second-order valence-electron chi connectivity index (χ2n) is 7.10. The summed E-state index contributed by atoms with van der Waals surface area (Å²) in [6.07, 6.45) is 0.0622. The molecule has 0 saturated carbocycles. The first-order valence-corrected chi connectivity index (χ1v) is 9.78. The fraction of sp³-hybridized carbons (Fsp3) is 0.300. The summed E-state index contributed by atoms with van der Waals surface area (Å²) >= 11 is 5.80. The van der Waals surface area contributed by atoms with E-state index in [4.69, 9.17) is 11.6 Å². The van der Waals surface area contributed by atoms with Crippen molar-refractivity contribution in [2.24, 2.45) is 5.92 Å². The van der Waals surface area contributed by atoms with Crippen molar-refractivity contribution in [2.75, 3.05) is 18.4 Å². The first kappa shape index (κ1) is 20.2. The van der Waals surface area contributed by atoms with Gasteiger partial charge >= 0.3 is 0 Å². The van der Waals surface area contributed by atoms with Gasteiger partial charge in [0.15, 0.2) is 5.82 Å². The number of pyridine rings is 1. The highest BCUT2D eigenvalue weighted by Crippen LogP contribution is 2.24. The van der Waals surface area contributed by atoms with E-state index in [0.29, 0.717) is 46.8 Å². The molecule has 0 bridgehead atoms. The topological polar surface area (TPSA) is 91.0 Å². The van der Waals surface area contributed by atoms with E-state index in [1.165, 1.54) is 18.3 Å². The third-order valence-electron chi connectivity index (χ3n) is 5.01. The van der Waals surface area contributed by atoms with E-state index >= 15 is 0 Å². The lowest BCUT2D eigenvalue weighted by molar-refractivity contribution is -0.121. The van der Waals surface area contributed by atoms with Gasteiger partial charge in [0, 0.05) is 24.8 Å². The van der Waals surface area contributed by atoms with Gasteiger partial charge in [-0.3, -0.25) is 9.59 Å². The summed E-state index contributed by atoms with van der Waals surface area (Å²) in [5, 5.41) is 3.21. The van der Waals surface area contributed by atoms with E-state index in [1.54, 1.807) is 23.1 Å². The van der Waals surface area contributed by atoms with Crippen molar-refractivity contribution in [3.05, 3.63) is 52.9 Å². The molecule has 7 nitrogen and oxygen atoms in total. The Morgan fingerprint density at radius 2 is 2.10 bits per heavy atom. The number of rotatable bonds is 4. The molecule has 0 aliphatic carbocycles. The van der Waals surface area contributed by atoms with Crippen molar-refractivity contribution in [3.8, 4) is 0 Å². The minimum absolute atomic E-state index is 0.215. The summed E-state index contributed by atoms with van der Waals surface area (Å²) in [7, 11) is 0. The number of nitrogens with zero attached hydrogens (tertiary/aromatic N) is 3. The molecule has 1 aliphatic rings. The second kappa shape index (κ2) is 8.35. The zero-order valence-corrected chi connectivity index (χ0v) is 16.5. The number of halogens is 3. The van der Waals surface area contributed by atoms with Gasteiger partial charge in [-0.25, -0.2) is 18.7 Å². The van der Waals surface area contributed by atoms with Gasteiger partial charge in [0.05, 0.1) is 22.0 Å². The number of fused-ring (bicyclic) bond motifs is 1. The van der Waals surface area contributed by atoms with Crippen LogP contribution in [0.3, 0.4) is 0 Å². The van der Waals surface area contributed by atoms with Crippen LogP contribution in [0, 0.1) is 5.92 Å². The van der Waals surface area contributed by atoms with Gasteiger partial charge in [-0.15, -0.1) is 0 Å². The summed E-state index contributed by atoms with van der Waals surface area (Å²) in [5.74, 6) is -0.880. The monoisotopic (exact) mass is 433 g/mol. The number of anilines is 1. The Morgan fingerprint density at radius 1 is 1.27 bits per heavy atom. The molecular formula is C20H18ClF2N5O2. The fourth-order valence-corrected chi connectivity index (χ4v) is 3.61. The quantitative estimate of drug-likeness (QED) is 0.649. The predicted octanol–water partition coefficient (Wildman–Crippen LogP) is 4.04. The van der Waals surface area contributed by atoms with Crippen LogP contribution in [0.25, 0.3) is 11.0 Å². The number of carbonyl (C=O) groups excluding carboxylic acids is 2. The molecular weight excluding hydrogens is 416 g/mol. The van der Waals surface area contributed by atoms with E-state index in [9.17, 15) is 18.4 Å². The van der Waals surface area contributed by atoms with Gasteiger partial charge in [-0.05, 0) is 43.2 Å². The maximum absolute atomic E-state index is 12.9. The molecule has 2 amide bonds. The van der Waals surface area contributed by atoms with Crippen molar-refractivity contribution in [2.45, 2.75) is 19.3 Å². The zero-order chi connectivity index (χ0) is 21.3. The van der Waals surface area contributed by atoms with Crippen LogP contribution in [0.4, 0.5) is 14.6 Å². The summed E-state index contributed by atoms with van der Waals surface area (Å²) < 4.78 is 25.7. The van der Waals surface area contributed by atoms with Crippen molar-refractivity contribution in [3.63, 3.8) is 0 Å². The number of benzene rings is 1. The minimum Gasteiger partial charge on any atom is -0.338 e. The minimum atomic E-state index is -2.71. The number of aromatic nitrogens is 3. The van der Waals surface area contributed by atoms with Crippen LogP contribution in [0.15, 0.2) is 36.5 Å². The number of alkyl halides is 2. The van der Waals surface area contributed by atoms with Crippen molar-refractivity contribution in [1.82, 2.24) is 19.9 Å². The maximum atomic E-state index is 12.9. The molecule has 3 aromatic rings. The Balaban J connectivity index is 1.45. The lowest BCUT2D eigenvalue weighted by Crippen LogP contribution is -2.43. The molecule has 1 aromatic carbocycles. The number of hydrogen-bond donors (Lipinski definition) is 2. The Morgan fingerprint density at radius 3 is 2.83 bits per heavy atom. The molecule has 1 unspecified atom stereocenters. The smallest absolute Gasteiger partial charge is 0.295 e. The lowest BCUT2D eigenvalue weighted by atomic mass is 9.96. The van der Waals surface area contributed by atoms with E-state index in [2.05, 4.69) is 20.3 Å². The largest absolute Gasteiger partial charge is 0.338 e. The third kappa shape index (κ3) is 4.25. The van der Waals surface area contributed by atoms with Gasteiger partial charge in [0.25, 0.3) is 12.3 Å². The third-order valence-corrected chi connectivity index (χ3v) is 5.24. The molecule has 2 aromatic heterocycles. The van der Waals surface area contributed by atoms with Crippen LogP contribution >= 0.6 is 11.6 Å². The standard InChI is InChI=1S/C20H18ClF2N5O2/c21-13-4-6-16(24-9-13)27-19(29)12-2-1-7-28(10-12)20(30)11-3-5-14-15(8-11)26-18(25-14)17(22)23/h3-6,8-9,12,17H,1-2,7,10H2,(H,25,26)(H,24,27,29). The van der Waals surface area contributed by atoms with Gasteiger partial charge in [0.2, 0.25) is 5.91 Å². The first-order valence-electron chi connectivity index (χ1n) is 9.40. The highest BCUT2D eigenvalue weighted by atomic mass is 35.5. The number of likely N-dealkylation sites (tertiary alicyclic amines) is 1. The van der Waals surface area contributed by atoms with Gasteiger partial charge < -0.3 is 15.2 Å². The number of nitrogens with one attached hydrogen (secondary N) is 2. The Labute approximate surface area is 175 Å². The van der Waals surface area contributed by atoms with E-state index in [1.807, 2.05) is 0 Å². The Kier molecular flexibility index (Phi) is 5.63. The molecule has 10 heteroatoms. The molecule has 0 spiro atoms. The van der Waals surface area contributed by atoms with Gasteiger partial charge in [-0.2, -0.15) is 0 Å². The molecule has 1 saturated heterocycles. The number of amides is 2. The highest BCUT2D eigenvalue weighted by molar-refractivity contribution is 6.30. The van der Waals surface area contributed by atoms with Crippen molar-refractivity contribution < 1.29 is 18.4 Å². The fourth-order valence-electron chi connectivity index (χ4n) is 3.50. The van der Waals surface area contributed by atoms with Crippen LogP contribution < -0.4 is 5.32 Å². The summed E-state index contributed by atoms with van der Waals surface area (Å²) in [6, 6.07) is 7.84. The number of imidazole rings is 1. The summed E-state index contributed by atoms with van der Waals surface area (Å²) in [5.41, 5.74) is 1.09. The molecule has 3 heterocycles. The zero-order valence-electron chi connectivity index (χ0n) is 15.7. The molecule has 1 aliphatic heterocycles. The molecule has 1 atom stereocenters. The molecule has 4 rings (SSSR count). The first-order chi connectivity index (χ1) is 14.4. The number of aromatic amines is 1. The summed E-state index contributed by atoms with van der Waals surface area (Å²) in [4.78, 5) is 37.5. The van der Waals surface area contributed by atoms with Crippen LogP contribution in [0.1, 0.15) is 35.4 Å². The maximum Gasteiger partial charge on any atom is 0.295 e. The number of hydrogen-bond acceptors (Lipinski definition) is 4. The molecule has 0 radical (unpaired) electrons. The molecule has 30 heavy (non-hydrogen) atoms. The second-order valence-corrected chi connectivity index (χ2v) is 7.53. The Bertz CT molecular complexity index is 1090. The van der Waals surface area contributed by atoms with Gasteiger partial charge in [-0.1, -0.05) is 11.6 Å². The molecule has 1 fully saturated rings. The van der Waals surface area contributed by atoms with Crippen molar-refractivity contribution >= 4 is 40.3 Å². The average molecular weight is 434 g/mol. The molecule has 2 N–H and O–H groups in total. The van der Waals surface area contributed by atoms with Crippen LogP contribution in [0.5, 0.6) is 0 Å². The van der Waals surface area contributed by atoms with Crippen LogP contribution in [-0.2, 0) is 4.79 Å². The van der Waals surface area contributed by atoms with E-state index in [0.717, 1.165) is 0 Å². The summed E-state index contributed by atoms with van der Waals surface area (Å²) in [6.45, 7) is 0.784. The van der Waals surface area contributed by atoms with E-state index < -0.39 is 12.2 Å². The number of H-pyrrole nitrogens is 1. The normalized spacial score (nSPS) is 16.8. The lowest BCUT2D eigenvalue weighted by Gasteiger charge is -2.32. The van der Waals surface area contributed by atoms with E-state index in [-0.39, 0.29) is 24.3 Å². The van der Waals surface area contributed by atoms with Crippen LogP contribution in [-0.4, -0.2) is 44.8 Å². The number of piperidine rings is 1. The SMILES string of the molecule is O=C(Nc1ccc(Cl)cn1)C1CCCN(C(=O)c2ccc3nc(C(F)F)[nH]c3c2)C1. The predicted molar refractivity (Wildman–Crippen MR) is 108 cm³/mol. The number of carbonyl (C=O) groups is 2. The highest BCUT2D eigenvalue weighted by Gasteiger charge is 2.29. The molecule has 156 valence electrons. The Hall–Kier alpha value is -3.07. The average Bonchev–Trinajstić information content (AvgIpc) is 3.19. The van der Waals surface area contributed by atoms with Gasteiger partial charge in [0.1, 0.15) is 5.82 Å². The van der Waals surface area contributed by atoms with Crippen molar-refractivity contribution in [1.29, 1.82) is 0 Å². The van der Waals surface area contributed by atoms with Crippen LogP contribution in [0.2, 0.25) is 5.02 Å².